The smallest absolute Gasteiger partial charge is 0.228 e. The number of fused-ring (bicyclic) bond motifs is 1. The summed E-state index contributed by atoms with van der Waals surface area (Å²) in [6, 6.07) is 19.8. The second kappa shape index (κ2) is 7.21. The fraction of sp³-hybridized carbons (Fsp3) is 0.0870. The van der Waals surface area contributed by atoms with Crippen LogP contribution in [0.5, 0.6) is 0 Å². The molecule has 0 unspecified atom stereocenters. The molecular formula is C23H14IN3O. The van der Waals surface area contributed by atoms with Gasteiger partial charge in [0.15, 0.2) is 0 Å². The Hall–Kier alpha value is -2.98. The summed E-state index contributed by atoms with van der Waals surface area (Å²) in [5.74, 6) is 0.573. The molecule has 0 N–H and O–H groups in total. The SMILES string of the molecule is I[C@@H]1C=C(c2cc(-c3cccnc3)ccc2-c2nc3ccc#cc3o2)C=NC1. The predicted octanol–water partition coefficient (Wildman–Crippen LogP) is 5.43. The van der Waals surface area contributed by atoms with Gasteiger partial charge < -0.3 is 4.42 Å². The molecule has 2 aromatic carbocycles. The lowest BCUT2D eigenvalue weighted by atomic mass is 9.94. The second-order valence-electron chi connectivity index (χ2n) is 6.47. The van der Waals surface area contributed by atoms with Crippen molar-refractivity contribution in [3.8, 4) is 22.6 Å². The topological polar surface area (TPSA) is 51.3 Å². The Kier molecular flexibility index (Phi) is 4.41. The Balaban J connectivity index is 1.70. The number of hydrogen-bond acceptors (Lipinski definition) is 4. The van der Waals surface area contributed by atoms with Crippen LogP contribution in [0.2, 0.25) is 0 Å². The summed E-state index contributed by atoms with van der Waals surface area (Å²) in [7, 11) is 0. The van der Waals surface area contributed by atoms with Gasteiger partial charge >= 0.3 is 0 Å². The Morgan fingerprint density at radius 1 is 1.11 bits per heavy atom. The van der Waals surface area contributed by atoms with E-state index in [0.29, 0.717) is 15.4 Å². The highest BCUT2D eigenvalue weighted by Crippen LogP contribution is 2.34. The molecule has 0 spiro atoms. The van der Waals surface area contributed by atoms with Crippen molar-refractivity contribution in [1.82, 2.24) is 9.97 Å². The zero-order valence-corrected chi connectivity index (χ0v) is 16.9. The van der Waals surface area contributed by atoms with Crippen molar-refractivity contribution in [2.24, 2.45) is 4.99 Å². The molecule has 0 saturated heterocycles. The van der Waals surface area contributed by atoms with Gasteiger partial charge in [0.2, 0.25) is 11.5 Å². The van der Waals surface area contributed by atoms with E-state index in [9.17, 15) is 0 Å². The molecule has 0 amide bonds. The van der Waals surface area contributed by atoms with Gasteiger partial charge in [0.25, 0.3) is 0 Å². The molecule has 1 aliphatic rings. The van der Waals surface area contributed by atoms with Crippen molar-refractivity contribution < 1.29 is 4.42 Å². The van der Waals surface area contributed by atoms with Gasteiger partial charge in [-0.15, -0.1) is 0 Å². The molecule has 134 valence electrons. The number of allylic oxidation sites excluding steroid dienone is 1. The minimum absolute atomic E-state index is 0.360. The van der Waals surface area contributed by atoms with E-state index in [0.717, 1.165) is 39.9 Å². The van der Waals surface area contributed by atoms with Crippen LogP contribution in [0.3, 0.4) is 0 Å². The van der Waals surface area contributed by atoms with Crippen molar-refractivity contribution in [3.63, 3.8) is 0 Å². The minimum atomic E-state index is 0.360. The molecule has 0 bridgehead atoms. The van der Waals surface area contributed by atoms with Crippen LogP contribution in [-0.4, -0.2) is 26.7 Å². The molecule has 2 aromatic heterocycles. The first-order valence-corrected chi connectivity index (χ1v) is 10.1. The van der Waals surface area contributed by atoms with Gasteiger partial charge in [-0.25, -0.2) is 4.98 Å². The van der Waals surface area contributed by atoms with Crippen LogP contribution in [0.4, 0.5) is 0 Å². The van der Waals surface area contributed by atoms with E-state index in [2.05, 4.69) is 80.0 Å². The molecular weight excluding hydrogens is 461 g/mol. The van der Waals surface area contributed by atoms with Crippen LogP contribution in [0.25, 0.3) is 39.3 Å². The van der Waals surface area contributed by atoms with Crippen molar-refractivity contribution in [1.29, 1.82) is 0 Å². The van der Waals surface area contributed by atoms with Gasteiger partial charge in [-0.1, -0.05) is 46.9 Å². The Labute approximate surface area is 176 Å². The van der Waals surface area contributed by atoms with Crippen LogP contribution in [0, 0.1) is 12.1 Å². The average Bonchev–Trinajstić information content (AvgIpc) is 3.18. The summed E-state index contributed by atoms with van der Waals surface area (Å²) >= 11 is 2.41. The van der Waals surface area contributed by atoms with Gasteiger partial charge in [0.1, 0.15) is 5.52 Å². The number of rotatable bonds is 3. The van der Waals surface area contributed by atoms with Crippen molar-refractivity contribution >= 4 is 45.5 Å². The first-order valence-electron chi connectivity index (χ1n) is 8.88. The number of oxazole rings is 1. The van der Waals surface area contributed by atoms with E-state index in [1.807, 2.05) is 24.5 Å². The van der Waals surface area contributed by atoms with E-state index >= 15 is 0 Å². The maximum Gasteiger partial charge on any atom is 0.228 e. The van der Waals surface area contributed by atoms with Gasteiger partial charge in [-0.3, -0.25) is 9.98 Å². The van der Waals surface area contributed by atoms with Crippen LogP contribution < -0.4 is 0 Å². The zero-order valence-electron chi connectivity index (χ0n) is 14.8. The molecule has 4 aromatic rings. The molecule has 0 radical (unpaired) electrons. The van der Waals surface area contributed by atoms with Crippen molar-refractivity contribution in [3.05, 3.63) is 78.6 Å². The maximum atomic E-state index is 5.97. The molecule has 0 aliphatic carbocycles. The average molecular weight is 475 g/mol. The first-order chi connectivity index (χ1) is 13.8. The van der Waals surface area contributed by atoms with Gasteiger partial charge in [0.05, 0.1) is 6.54 Å². The lowest BCUT2D eigenvalue weighted by Crippen LogP contribution is -2.07. The number of pyridine rings is 1. The van der Waals surface area contributed by atoms with Crippen molar-refractivity contribution in [2.45, 2.75) is 3.92 Å². The van der Waals surface area contributed by atoms with E-state index in [4.69, 9.17) is 4.42 Å². The highest BCUT2D eigenvalue weighted by atomic mass is 127. The number of aromatic nitrogens is 2. The molecule has 5 heteroatoms. The molecule has 0 fully saturated rings. The third-order valence-electron chi connectivity index (χ3n) is 4.59. The number of benzene rings is 1. The highest BCUT2D eigenvalue weighted by Gasteiger charge is 2.18. The number of hydrogen-bond donors (Lipinski definition) is 0. The standard InChI is InChI=1S/C23H14IN3O/c24-18-10-17(13-26-14-18)20-11-15(16-4-3-9-25-12-16)7-8-19(20)23-27-21-5-1-2-6-22(21)28-23/h1,3-5,7-13,18H,14H2/t18-/m1/s1. The predicted molar refractivity (Wildman–Crippen MR) is 119 cm³/mol. The summed E-state index contributed by atoms with van der Waals surface area (Å²) in [5.41, 5.74) is 6.58. The molecule has 3 heterocycles. The number of nitrogens with zero attached hydrogens (tertiary/aromatic N) is 3. The number of alkyl halides is 1. The van der Waals surface area contributed by atoms with E-state index in [-0.39, 0.29) is 0 Å². The second-order valence-corrected chi connectivity index (χ2v) is 8.07. The molecule has 1 atom stereocenters. The summed E-state index contributed by atoms with van der Waals surface area (Å²) in [6.07, 6.45) is 7.82. The molecule has 5 rings (SSSR count). The van der Waals surface area contributed by atoms with Crippen LogP contribution >= 0.6 is 22.6 Å². The largest absolute Gasteiger partial charge is 0.427 e. The third-order valence-corrected chi connectivity index (χ3v) is 5.34. The number of dihydropyridines is 1. The molecule has 0 saturated carbocycles. The Morgan fingerprint density at radius 2 is 2.07 bits per heavy atom. The summed E-state index contributed by atoms with van der Waals surface area (Å²) in [4.78, 5) is 13.4. The minimum Gasteiger partial charge on any atom is -0.427 e. The van der Waals surface area contributed by atoms with Crippen LogP contribution in [0.15, 0.2) is 70.3 Å². The highest BCUT2D eigenvalue weighted by molar-refractivity contribution is 14.1. The third kappa shape index (κ3) is 3.20. The lowest BCUT2D eigenvalue weighted by Gasteiger charge is -2.15. The monoisotopic (exact) mass is 475 g/mol. The fourth-order valence-corrected chi connectivity index (χ4v) is 3.88. The summed E-state index contributed by atoms with van der Waals surface area (Å²) in [5, 5.41) is 0. The van der Waals surface area contributed by atoms with Crippen molar-refractivity contribution in [2.75, 3.05) is 6.54 Å². The maximum absolute atomic E-state index is 5.97. The first kappa shape index (κ1) is 17.1. The number of halogens is 1. The lowest BCUT2D eigenvalue weighted by molar-refractivity contribution is 0.620. The molecule has 28 heavy (non-hydrogen) atoms. The summed E-state index contributed by atoms with van der Waals surface area (Å²) < 4.78 is 6.33. The van der Waals surface area contributed by atoms with Gasteiger partial charge in [-0.05, 0) is 53.1 Å². The van der Waals surface area contributed by atoms with E-state index < -0.39 is 0 Å². The fourth-order valence-electron chi connectivity index (χ4n) is 3.26. The Morgan fingerprint density at radius 3 is 2.89 bits per heavy atom. The van der Waals surface area contributed by atoms with E-state index in [1.54, 1.807) is 12.3 Å². The van der Waals surface area contributed by atoms with Gasteiger partial charge in [0, 0.05) is 33.7 Å². The number of aliphatic imine (C=N–C) groups is 1. The van der Waals surface area contributed by atoms with E-state index in [1.165, 1.54) is 0 Å². The van der Waals surface area contributed by atoms with Crippen LogP contribution in [0.1, 0.15) is 5.56 Å². The molecule has 4 nitrogen and oxygen atoms in total. The van der Waals surface area contributed by atoms with Gasteiger partial charge in [-0.2, -0.15) is 0 Å². The zero-order chi connectivity index (χ0) is 18.9. The quantitative estimate of drug-likeness (QED) is 0.294. The normalized spacial score (nSPS) is 16.0. The molecule has 1 aliphatic heterocycles. The Bertz CT molecular complexity index is 1180. The summed E-state index contributed by atoms with van der Waals surface area (Å²) in [6.45, 7) is 0.801. The van der Waals surface area contributed by atoms with Crippen LogP contribution in [-0.2, 0) is 0 Å².